The van der Waals surface area contributed by atoms with Gasteiger partial charge >= 0.3 is 0 Å². The van der Waals surface area contributed by atoms with Gasteiger partial charge in [-0.25, -0.2) is 0 Å². The molecule has 2 fully saturated rings. The van der Waals surface area contributed by atoms with Crippen molar-refractivity contribution in [2.24, 2.45) is 5.92 Å². The van der Waals surface area contributed by atoms with Crippen LogP contribution in [0.25, 0.3) is 0 Å². The highest BCUT2D eigenvalue weighted by atomic mass is 16.6. The molecule has 0 aromatic heterocycles. The van der Waals surface area contributed by atoms with Crippen molar-refractivity contribution in [3.63, 3.8) is 0 Å². The van der Waals surface area contributed by atoms with E-state index < -0.39 is 0 Å². The van der Waals surface area contributed by atoms with Gasteiger partial charge in [0.2, 0.25) is 5.91 Å². The molecule has 0 saturated carbocycles. The van der Waals surface area contributed by atoms with Crippen molar-refractivity contribution < 1.29 is 14.3 Å². The second-order valence-corrected chi connectivity index (χ2v) is 9.04. The Labute approximate surface area is 180 Å². The van der Waals surface area contributed by atoms with E-state index in [0.29, 0.717) is 13.2 Å². The van der Waals surface area contributed by atoms with Crippen LogP contribution < -0.4 is 14.8 Å². The van der Waals surface area contributed by atoms with Gasteiger partial charge in [-0.1, -0.05) is 19.4 Å². The number of carbonyl (C=O) groups excluding carboxylic acids is 1. The molecule has 2 saturated heterocycles. The summed E-state index contributed by atoms with van der Waals surface area (Å²) in [5, 5.41) is 3.41. The number of likely N-dealkylation sites (tertiary alicyclic amines) is 2. The summed E-state index contributed by atoms with van der Waals surface area (Å²) in [4.78, 5) is 18.0. The fraction of sp³-hybridized carbons (Fsp3) is 0.708. The van der Waals surface area contributed by atoms with Gasteiger partial charge in [-0.2, -0.15) is 0 Å². The second kappa shape index (κ2) is 10.5. The molecule has 0 radical (unpaired) electrons. The fourth-order valence-corrected chi connectivity index (χ4v) is 4.89. The van der Waals surface area contributed by atoms with E-state index in [1.807, 2.05) is 6.07 Å². The number of rotatable bonds is 9. The molecule has 3 aliphatic rings. The van der Waals surface area contributed by atoms with Crippen LogP contribution in [0.4, 0.5) is 0 Å². The predicted molar refractivity (Wildman–Crippen MR) is 118 cm³/mol. The predicted octanol–water partition coefficient (Wildman–Crippen LogP) is 2.70. The molecule has 166 valence electrons. The largest absolute Gasteiger partial charge is 0.486 e. The molecular formula is C24H37N3O3. The summed E-state index contributed by atoms with van der Waals surface area (Å²) in [5.41, 5.74) is 1.19. The molecule has 3 heterocycles. The van der Waals surface area contributed by atoms with Crippen molar-refractivity contribution in [1.82, 2.24) is 15.1 Å². The molecule has 1 amide bonds. The lowest BCUT2D eigenvalue weighted by Gasteiger charge is -2.26. The highest BCUT2D eigenvalue weighted by molar-refractivity contribution is 5.79. The number of nitrogens with zero attached hydrogens (tertiary/aromatic N) is 2. The van der Waals surface area contributed by atoms with E-state index in [2.05, 4.69) is 34.2 Å². The maximum Gasteiger partial charge on any atom is 0.224 e. The van der Waals surface area contributed by atoms with Gasteiger partial charge in [-0.3, -0.25) is 4.79 Å². The van der Waals surface area contributed by atoms with Crippen LogP contribution in [0, 0.1) is 5.92 Å². The number of ether oxygens (including phenoxy) is 2. The third-order valence-corrected chi connectivity index (χ3v) is 6.58. The molecule has 2 atom stereocenters. The zero-order valence-corrected chi connectivity index (χ0v) is 18.4. The number of amides is 1. The van der Waals surface area contributed by atoms with Gasteiger partial charge in [0.25, 0.3) is 0 Å². The fourth-order valence-electron chi connectivity index (χ4n) is 4.89. The maximum atomic E-state index is 13.1. The van der Waals surface area contributed by atoms with Crippen molar-refractivity contribution in [3.05, 3.63) is 23.8 Å². The molecule has 30 heavy (non-hydrogen) atoms. The van der Waals surface area contributed by atoms with Gasteiger partial charge in [0.1, 0.15) is 13.2 Å². The van der Waals surface area contributed by atoms with Crippen molar-refractivity contribution in [2.45, 2.75) is 51.5 Å². The first kappa shape index (κ1) is 21.4. The van der Waals surface area contributed by atoms with E-state index in [1.165, 1.54) is 31.2 Å². The van der Waals surface area contributed by atoms with E-state index in [4.69, 9.17) is 9.47 Å². The third kappa shape index (κ3) is 5.67. The maximum absolute atomic E-state index is 13.1. The minimum absolute atomic E-state index is 0.128. The lowest BCUT2D eigenvalue weighted by atomic mass is 10.0. The quantitative estimate of drug-likeness (QED) is 0.672. The Morgan fingerprint density at radius 1 is 1.13 bits per heavy atom. The number of carbonyl (C=O) groups is 1. The number of hydrogen-bond donors (Lipinski definition) is 1. The SMILES string of the molecule is CCCCN1CCC(C(=O)NC(Cc2ccc3c(c2)OCCO3)CN2CCCC2)C1. The summed E-state index contributed by atoms with van der Waals surface area (Å²) < 4.78 is 11.4. The van der Waals surface area contributed by atoms with Gasteiger partial charge in [-0.05, 0) is 76.0 Å². The zero-order valence-electron chi connectivity index (χ0n) is 18.4. The van der Waals surface area contributed by atoms with Crippen LogP contribution in [0.1, 0.15) is 44.6 Å². The summed E-state index contributed by atoms with van der Waals surface area (Å²) in [6.07, 6.45) is 6.76. The van der Waals surface area contributed by atoms with Crippen LogP contribution >= 0.6 is 0 Å². The van der Waals surface area contributed by atoms with Crippen LogP contribution in [0.3, 0.4) is 0 Å². The van der Waals surface area contributed by atoms with Gasteiger partial charge in [0, 0.05) is 19.1 Å². The van der Waals surface area contributed by atoms with Crippen LogP contribution in [-0.4, -0.2) is 74.2 Å². The molecule has 0 spiro atoms. The molecule has 4 rings (SSSR count). The Kier molecular flexibility index (Phi) is 7.50. The topological polar surface area (TPSA) is 54.0 Å². The number of nitrogens with one attached hydrogen (secondary N) is 1. The Balaban J connectivity index is 1.38. The summed E-state index contributed by atoms with van der Waals surface area (Å²) in [5.74, 6) is 2.01. The minimum Gasteiger partial charge on any atom is -0.486 e. The molecule has 1 aromatic carbocycles. The average Bonchev–Trinajstić information content (AvgIpc) is 3.44. The Hall–Kier alpha value is -1.79. The van der Waals surface area contributed by atoms with Gasteiger partial charge < -0.3 is 24.6 Å². The smallest absolute Gasteiger partial charge is 0.224 e. The Bertz CT molecular complexity index is 705. The molecule has 0 aliphatic carbocycles. The lowest BCUT2D eigenvalue weighted by molar-refractivity contribution is -0.125. The molecule has 6 nitrogen and oxygen atoms in total. The molecule has 3 aliphatic heterocycles. The molecular weight excluding hydrogens is 378 g/mol. The van der Waals surface area contributed by atoms with Gasteiger partial charge in [0.15, 0.2) is 11.5 Å². The van der Waals surface area contributed by atoms with E-state index in [9.17, 15) is 4.79 Å². The number of unbranched alkanes of at least 4 members (excludes halogenated alkanes) is 1. The van der Waals surface area contributed by atoms with Crippen molar-refractivity contribution in [1.29, 1.82) is 0 Å². The molecule has 1 N–H and O–H groups in total. The lowest BCUT2D eigenvalue weighted by Crippen LogP contribution is -2.46. The molecule has 6 heteroatoms. The van der Waals surface area contributed by atoms with Crippen LogP contribution in [-0.2, 0) is 11.2 Å². The average molecular weight is 416 g/mol. The van der Waals surface area contributed by atoms with E-state index in [-0.39, 0.29) is 17.9 Å². The summed E-state index contributed by atoms with van der Waals surface area (Å²) in [6, 6.07) is 6.32. The highest BCUT2D eigenvalue weighted by Crippen LogP contribution is 2.31. The normalized spacial score (nSPS) is 22.9. The highest BCUT2D eigenvalue weighted by Gasteiger charge is 2.30. The van der Waals surface area contributed by atoms with Gasteiger partial charge in [-0.15, -0.1) is 0 Å². The van der Waals surface area contributed by atoms with Crippen LogP contribution in [0.5, 0.6) is 11.5 Å². The van der Waals surface area contributed by atoms with Crippen LogP contribution in [0.15, 0.2) is 18.2 Å². The first-order valence-corrected chi connectivity index (χ1v) is 11.8. The van der Waals surface area contributed by atoms with Crippen molar-refractivity contribution in [2.75, 3.05) is 52.5 Å². The summed E-state index contributed by atoms with van der Waals surface area (Å²) >= 11 is 0. The summed E-state index contributed by atoms with van der Waals surface area (Å²) in [7, 11) is 0. The number of benzene rings is 1. The van der Waals surface area contributed by atoms with E-state index >= 15 is 0 Å². The minimum atomic E-state index is 0.128. The molecule has 2 unspecified atom stereocenters. The van der Waals surface area contributed by atoms with Crippen molar-refractivity contribution >= 4 is 5.91 Å². The number of hydrogen-bond acceptors (Lipinski definition) is 5. The summed E-state index contributed by atoms with van der Waals surface area (Å²) in [6.45, 7) is 9.71. The van der Waals surface area contributed by atoms with E-state index in [1.54, 1.807) is 0 Å². The number of fused-ring (bicyclic) bond motifs is 1. The monoisotopic (exact) mass is 415 g/mol. The second-order valence-electron chi connectivity index (χ2n) is 9.04. The Morgan fingerprint density at radius 3 is 2.73 bits per heavy atom. The first-order chi connectivity index (χ1) is 14.7. The molecule has 0 bridgehead atoms. The standard InChI is InChI=1S/C24H37N3O3/c1-2-3-9-27-12-8-20(17-27)24(28)25-21(18-26-10-4-5-11-26)15-19-6-7-22-23(16-19)30-14-13-29-22/h6-7,16,20-21H,2-5,8-15,17-18H2,1H3,(H,25,28). The third-order valence-electron chi connectivity index (χ3n) is 6.58. The van der Waals surface area contributed by atoms with Crippen LogP contribution in [0.2, 0.25) is 0 Å². The Morgan fingerprint density at radius 2 is 1.93 bits per heavy atom. The van der Waals surface area contributed by atoms with Gasteiger partial charge in [0.05, 0.1) is 5.92 Å². The zero-order chi connectivity index (χ0) is 20.8. The first-order valence-electron chi connectivity index (χ1n) is 11.8. The molecule has 1 aromatic rings. The van der Waals surface area contributed by atoms with E-state index in [0.717, 1.165) is 63.6 Å². The van der Waals surface area contributed by atoms with Crippen molar-refractivity contribution in [3.8, 4) is 11.5 Å².